The van der Waals surface area contributed by atoms with Crippen molar-refractivity contribution in [3.05, 3.63) is 0 Å². The Kier molecular flexibility index (Phi) is 2.07. The van der Waals surface area contributed by atoms with Crippen molar-refractivity contribution in [2.24, 2.45) is 22.0 Å². The Morgan fingerprint density at radius 1 is 0.917 bits per heavy atom. The molecule has 12 heavy (non-hydrogen) atoms. The lowest BCUT2D eigenvalue weighted by Crippen LogP contribution is -2.45. The van der Waals surface area contributed by atoms with Crippen LogP contribution in [0.25, 0.3) is 0 Å². The third-order valence-electron chi connectivity index (χ3n) is 4.77. The van der Waals surface area contributed by atoms with E-state index in [2.05, 4.69) is 34.6 Å². The van der Waals surface area contributed by atoms with Crippen LogP contribution in [0, 0.1) is 16.2 Å². The summed E-state index contributed by atoms with van der Waals surface area (Å²) in [6.45, 7) is 12.6. The Morgan fingerprint density at radius 3 is 1.42 bits per heavy atom. The second kappa shape index (κ2) is 2.47. The number of hydrogen-bond donors (Lipinski definition) is 1. The van der Waals surface area contributed by atoms with Crippen LogP contribution >= 0.6 is 0 Å². The van der Waals surface area contributed by atoms with Crippen LogP contribution in [0.1, 0.15) is 47.5 Å². The average Bonchev–Trinajstić information content (AvgIpc) is 2.12. The van der Waals surface area contributed by atoms with Crippen molar-refractivity contribution in [2.45, 2.75) is 47.5 Å². The van der Waals surface area contributed by atoms with Crippen LogP contribution < -0.4 is 5.73 Å². The molecule has 0 atom stereocenters. The predicted octanol–water partition coefficient (Wildman–Crippen LogP) is 2.80. The van der Waals surface area contributed by atoms with E-state index in [1.54, 1.807) is 0 Å². The van der Waals surface area contributed by atoms with Gasteiger partial charge >= 0.3 is 0 Å². The summed E-state index contributed by atoms with van der Waals surface area (Å²) < 4.78 is 0. The number of nitrogens with two attached hydrogens (primary N) is 1. The maximum absolute atomic E-state index is 5.92. The van der Waals surface area contributed by atoms with Crippen molar-refractivity contribution in [1.29, 1.82) is 0 Å². The Labute approximate surface area is 76.7 Å². The molecule has 0 heterocycles. The number of rotatable bonds is 1. The monoisotopic (exact) mass is 169 g/mol. The molecule has 1 fully saturated rings. The predicted molar refractivity (Wildman–Crippen MR) is 54.0 cm³/mol. The lowest BCUT2D eigenvalue weighted by atomic mass is 9.60. The Balaban J connectivity index is 3.04. The van der Waals surface area contributed by atoms with Gasteiger partial charge in [-0.2, -0.15) is 0 Å². The van der Waals surface area contributed by atoms with Gasteiger partial charge in [-0.15, -0.1) is 0 Å². The molecule has 0 aromatic carbocycles. The van der Waals surface area contributed by atoms with Crippen LogP contribution in [0.5, 0.6) is 0 Å². The van der Waals surface area contributed by atoms with E-state index in [4.69, 9.17) is 5.73 Å². The molecule has 0 aromatic heterocycles. The van der Waals surface area contributed by atoms with Crippen LogP contribution in [-0.4, -0.2) is 6.54 Å². The van der Waals surface area contributed by atoms with Gasteiger partial charge in [-0.3, -0.25) is 0 Å². The Hall–Kier alpha value is -0.0400. The molecular formula is C11H23N. The highest BCUT2D eigenvalue weighted by atomic mass is 14.7. The van der Waals surface area contributed by atoms with Crippen molar-refractivity contribution >= 4 is 0 Å². The highest BCUT2D eigenvalue weighted by Crippen LogP contribution is 2.61. The SMILES string of the molecule is CC1(C)CCC(C)(C)C1(C)CN. The largest absolute Gasteiger partial charge is 0.330 e. The molecule has 1 heteroatoms. The van der Waals surface area contributed by atoms with Crippen LogP contribution in [0.3, 0.4) is 0 Å². The fraction of sp³-hybridized carbons (Fsp3) is 1.00. The van der Waals surface area contributed by atoms with Crippen LogP contribution in [0.2, 0.25) is 0 Å². The van der Waals surface area contributed by atoms with Gasteiger partial charge < -0.3 is 5.73 Å². The average molecular weight is 169 g/mol. The molecule has 72 valence electrons. The second-order valence-electron chi connectivity index (χ2n) is 5.80. The minimum absolute atomic E-state index is 0.306. The van der Waals surface area contributed by atoms with E-state index in [0.29, 0.717) is 16.2 Å². The van der Waals surface area contributed by atoms with Gasteiger partial charge in [0, 0.05) is 0 Å². The first-order chi connectivity index (χ1) is 5.27. The van der Waals surface area contributed by atoms with E-state index >= 15 is 0 Å². The quantitative estimate of drug-likeness (QED) is 0.642. The molecule has 0 saturated heterocycles. The Morgan fingerprint density at radius 2 is 1.25 bits per heavy atom. The summed E-state index contributed by atoms with van der Waals surface area (Å²) in [7, 11) is 0. The first-order valence-electron chi connectivity index (χ1n) is 4.97. The van der Waals surface area contributed by atoms with E-state index in [1.165, 1.54) is 12.8 Å². The molecular weight excluding hydrogens is 146 g/mol. The molecule has 1 nitrogen and oxygen atoms in total. The van der Waals surface area contributed by atoms with E-state index in [9.17, 15) is 0 Å². The van der Waals surface area contributed by atoms with Crippen molar-refractivity contribution in [1.82, 2.24) is 0 Å². The molecule has 0 amide bonds. The highest BCUT2D eigenvalue weighted by Gasteiger charge is 2.55. The fourth-order valence-electron chi connectivity index (χ4n) is 2.65. The summed E-state index contributed by atoms with van der Waals surface area (Å²) in [5.41, 5.74) is 7.04. The smallest absolute Gasteiger partial charge is 0.00129 e. The zero-order valence-corrected chi connectivity index (χ0v) is 9.20. The van der Waals surface area contributed by atoms with Gasteiger partial charge in [-0.05, 0) is 35.6 Å². The zero-order valence-electron chi connectivity index (χ0n) is 9.20. The summed E-state index contributed by atoms with van der Waals surface area (Å²) in [5.74, 6) is 0. The van der Waals surface area contributed by atoms with Crippen molar-refractivity contribution in [3.63, 3.8) is 0 Å². The first-order valence-corrected chi connectivity index (χ1v) is 4.97. The topological polar surface area (TPSA) is 26.0 Å². The molecule has 1 aliphatic carbocycles. The highest BCUT2D eigenvalue weighted by molar-refractivity contribution is 5.05. The lowest BCUT2D eigenvalue weighted by molar-refractivity contribution is 0.0407. The van der Waals surface area contributed by atoms with Gasteiger partial charge in [-0.25, -0.2) is 0 Å². The van der Waals surface area contributed by atoms with Gasteiger partial charge in [-0.1, -0.05) is 34.6 Å². The second-order valence-corrected chi connectivity index (χ2v) is 5.80. The maximum Gasteiger partial charge on any atom is -0.00129 e. The zero-order chi connectivity index (χ0) is 9.62. The third-order valence-corrected chi connectivity index (χ3v) is 4.77. The van der Waals surface area contributed by atoms with E-state index < -0.39 is 0 Å². The van der Waals surface area contributed by atoms with Crippen LogP contribution in [0.15, 0.2) is 0 Å². The summed E-state index contributed by atoms with van der Waals surface area (Å²) in [4.78, 5) is 0. The normalized spacial score (nSPS) is 30.5. The Bertz CT molecular complexity index is 163. The summed E-state index contributed by atoms with van der Waals surface area (Å²) >= 11 is 0. The summed E-state index contributed by atoms with van der Waals surface area (Å²) in [5, 5.41) is 0. The van der Waals surface area contributed by atoms with Crippen molar-refractivity contribution < 1.29 is 0 Å². The van der Waals surface area contributed by atoms with Gasteiger partial charge in [0.05, 0.1) is 0 Å². The van der Waals surface area contributed by atoms with Crippen LogP contribution in [-0.2, 0) is 0 Å². The fourth-order valence-corrected chi connectivity index (χ4v) is 2.65. The number of hydrogen-bond acceptors (Lipinski definition) is 1. The molecule has 0 unspecified atom stereocenters. The first kappa shape index (κ1) is 10.0. The molecule has 1 saturated carbocycles. The standard InChI is InChI=1S/C11H23N/c1-9(2)6-7-10(3,4)11(9,5)8-12/h6-8,12H2,1-5H3. The molecule has 0 radical (unpaired) electrons. The molecule has 1 rings (SSSR count). The minimum atomic E-state index is 0.306. The summed E-state index contributed by atoms with van der Waals surface area (Å²) in [6.07, 6.45) is 2.63. The van der Waals surface area contributed by atoms with E-state index in [0.717, 1.165) is 6.54 Å². The molecule has 0 bridgehead atoms. The van der Waals surface area contributed by atoms with Gasteiger partial charge in [0.1, 0.15) is 0 Å². The molecule has 2 N–H and O–H groups in total. The summed E-state index contributed by atoms with van der Waals surface area (Å²) in [6, 6.07) is 0. The molecule has 1 aliphatic rings. The van der Waals surface area contributed by atoms with Gasteiger partial charge in [0.25, 0.3) is 0 Å². The lowest BCUT2D eigenvalue weighted by Gasteiger charge is -2.46. The molecule has 0 aliphatic heterocycles. The van der Waals surface area contributed by atoms with E-state index in [-0.39, 0.29) is 0 Å². The van der Waals surface area contributed by atoms with Crippen molar-refractivity contribution in [3.8, 4) is 0 Å². The molecule has 0 spiro atoms. The molecule has 0 aromatic rings. The van der Waals surface area contributed by atoms with Gasteiger partial charge in [0.2, 0.25) is 0 Å². The van der Waals surface area contributed by atoms with Crippen molar-refractivity contribution in [2.75, 3.05) is 6.54 Å². The van der Waals surface area contributed by atoms with Crippen LogP contribution in [0.4, 0.5) is 0 Å². The van der Waals surface area contributed by atoms with Gasteiger partial charge in [0.15, 0.2) is 0 Å². The minimum Gasteiger partial charge on any atom is -0.330 e. The maximum atomic E-state index is 5.92. The van der Waals surface area contributed by atoms with E-state index in [1.807, 2.05) is 0 Å². The third kappa shape index (κ3) is 1.02.